The third kappa shape index (κ3) is 6.01. The first-order valence-electron chi connectivity index (χ1n) is 7.33. The quantitative estimate of drug-likeness (QED) is 0.760. The fourth-order valence-electron chi connectivity index (χ4n) is 2.01. The van der Waals surface area contributed by atoms with E-state index in [2.05, 4.69) is 39.8 Å². The van der Waals surface area contributed by atoms with Gasteiger partial charge in [0.25, 0.3) is 0 Å². The zero-order chi connectivity index (χ0) is 15.8. The highest BCUT2D eigenvalue weighted by molar-refractivity contribution is 5.57. The van der Waals surface area contributed by atoms with Crippen molar-refractivity contribution in [2.45, 2.75) is 40.5 Å². The van der Waals surface area contributed by atoms with E-state index in [0.717, 1.165) is 29.5 Å². The fraction of sp³-hybridized carbons (Fsp3) is 0.368. The summed E-state index contributed by atoms with van der Waals surface area (Å²) in [6.45, 7) is 8.23. The molecule has 0 atom stereocenters. The molecule has 0 saturated carbocycles. The van der Waals surface area contributed by atoms with Crippen molar-refractivity contribution in [1.82, 2.24) is 0 Å². The molecule has 2 N–H and O–H groups in total. The summed E-state index contributed by atoms with van der Waals surface area (Å²) in [6, 6.07) is 3.96. The Bertz CT molecular complexity index is 514. The number of phenolic OH excluding ortho intramolecular Hbond substituents is 1. The Morgan fingerprint density at radius 1 is 0.952 bits per heavy atom. The molecule has 0 saturated heterocycles. The van der Waals surface area contributed by atoms with Gasteiger partial charge in [-0.1, -0.05) is 35.5 Å². The normalized spacial score (nSPS) is 10.7. The zero-order valence-corrected chi connectivity index (χ0v) is 13.5. The van der Waals surface area contributed by atoms with E-state index in [4.69, 9.17) is 5.11 Å². The molecule has 0 aliphatic heterocycles. The van der Waals surface area contributed by atoms with Crippen molar-refractivity contribution >= 4 is 6.08 Å². The Balaban J connectivity index is 3.21. The lowest BCUT2D eigenvalue weighted by Gasteiger charge is -2.10. The fourth-order valence-corrected chi connectivity index (χ4v) is 2.01. The number of rotatable bonds is 6. The molecule has 21 heavy (non-hydrogen) atoms. The third-order valence-corrected chi connectivity index (χ3v) is 3.17. The second kappa shape index (κ2) is 8.48. The van der Waals surface area contributed by atoms with Crippen LogP contribution in [0.25, 0.3) is 6.08 Å². The topological polar surface area (TPSA) is 40.5 Å². The molecule has 0 unspecified atom stereocenters. The van der Waals surface area contributed by atoms with E-state index in [1.165, 1.54) is 11.1 Å². The average molecular weight is 286 g/mol. The smallest absolute Gasteiger partial charge is 0.122 e. The minimum Gasteiger partial charge on any atom is -0.507 e. The van der Waals surface area contributed by atoms with Crippen LogP contribution in [0.1, 0.15) is 44.4 Å². The van der Waals surface area contributed by atoms with Gasteiger partial charge in [0.2, 0.25) is 0 Å². The molecule has 0 aliphatic rings. The van der Waals surface area contributed by atoms with Crippen molar-refractivity contribution in [3.63, 3.8) is 0 Å². The van der Waals surface area contributed by atoms with Gasteiger partial charge in [0.15, 0.2) is 0 Å². The number of benzene rings is 1. The van der Waals surface area contributed by atoms with Gasteiger partial charge in [0.05, 0.1) is 6.61 Å². The molecule has 0 aliphatic carbocycles. The van der Waals surface area contributed by atoms with Crippen LogP contribution in [0.15, 0.2) is 41.5 Å². The molecule has 0 amide bonds. The summed E-state index contributed by atoms with van der Waals surface area (Å²) in [5, 5.41) is 19.4. The Kier molecular flexibility index (Phi) is 6.97. The average Bonchev–Trinajstić information content (AvgIpc) is 2.43. The molecule has 1 aromatic carbocycles. The minimum absolute atomic E-state index is 0.0213. The summed E-state index contributed by atoms with van der Waals surface area (Å²) >= 11 is 0. The molecule has 0 fully saturated rings. The lowest BCUT2D eigenvalue weighted by Crippen LogP contribution is -1.93. The monoisotopic (exact) mass is 286 g/mol. The molecule has 1 rings (SSSR count). The van der Waals surface area contributed by atoms with Crippen molar-refractivity contribution in [3.05, 3.63) is 58.2 Å². The van der Waals surface area contributed by atoms with Gasteiger partial charge >= 0.3 is 0 Å². The molecule has 0 spiro atoms. The maximum atomic E-state index is 10.4. The summed E-state index contributed by atoms with van der Waals surface area (Å²) in [5.74, 6) is 0.381. The summed E-state index contributed by atoms with van der Waals surface area (Å²) in [5.41, 5.74) is 5.33. The lowest BCUT2D eigenvalue weighted by molar-refractivity contribution is 0.343. The summed E-state index contributed by atoms with van der Waals surface area (Å²) in [4.78, 5) is 0. The lowest BCUT2D eigenvalue weighted by atomic mass is 9.98. The number of hydrogen-bond acceptors (Lipinski definition) is 2. The van der Waals surface area contributed by atoms with Crippen molar-refractivity contribution in [1.29, 1.82) is 0 Å². The van der Waals surface area contributed by atoms with E-state index < -0.39 is 0 Å². The number of allylic oxidation sites excluding steroid dienone is 4. The van der Waals surface area contributed by atoms with E-state index in [1.807, 2.05) is 18.2 Å². The number of phenols is 1. The molecule has 2 nitrogen and oxygen atoms in total. The molecular formula is C19H26O2. The summed E-state index contributed by atoms with van der Waals surface area (Å²) < 4.78 is 0. The Morgan fingerprint density at radius 2 is 1.43 bits per heavy atom. The first kappa shape index (κ1) is 17.3. The van der Waals surface area contributed by atoms with Gasteiger partial charge in [0, 0.05) is 0 Å². The molecule has 0 radical (unpaired) electrons. The molecule has 0 heterocycles. The number of aromatic hydroxyl groups is 1. The molecule has 0 bridgehead atoms. The van der Waals surface area contributed by atoms with Crippen molar-refractivity contribution in [2.24, 2.45) is 0 Å². The van der Waals surface area contributed by atoms with Gasteiger partial charge in [-0.2, -0.15) is 0 Å². The second-order valence-corrected chi connectivity index (χ2v) is 5.74. The maximum absolute atomic E-state index is 10.4. The summed E-state index contributed by atoms with van der Waals surface area (Å²) in [6.07, 6.45) is 9.26. The van der Waals surface area contributed by atoms with Gasteiger partial charge in [-0.05, 0) is 69.4 Å². The maximum Gasteiger partial charge on any atom is 0.122 e. The Labute approximate surface area is 128 Å². The SMILES string of the molecule is CC(C)=CCc1cc(/C=C/CO)cc(CC=C(C)C)c1O. The highest BCUT2D eigenvalue weighted by Gasteiger charge is 2.08. The third-order valence-electron chi connectivity index (χ3n) is 3.17. The van der Waals surface area contributed by atoms with Crippen LogP contribution in [-0.2, 0) is 12.8 Å². The molecular weight excluding hydrogens is 260 g/mol. The van der Waals surface area contributed by atoms with E-state index in [1.54, 1.807) is 6.08 Å². The van der Waals surface area contributed by atoms with E-state index >= 15 is 0 Å². The molecule has 2 heteroatoms. The number of hydrogen-bond donors (Lipinski definition) is 2. The van der Waals surface area contributed by atoms with Gasteiger partial charge in [-0.3, -0.25) is 0 Å². The van der Waals surface area contributed by atoms with E-state index in [0.29, 0.717) is 5.75 Å². The molecule has 1 aromatic rings. The van der Waals surface area contributed by atoms with Crippen molar-refractivity contribution < 1.29 is 10.2 Å². The van der Waals surface area contributed by atoms with Crippen LogP contribution < -0.4 is 0 Å². The van der Waals surface area contributed by atoms with Crippen LogP contribution in [-0.4, -0.2) is 16.8 Å². The van der Waals surface area contributed by atoms with Crippen LogP contribution in [0.3, 0.4) is 0 Å². The predicted molar refractivity (Wildman–Crippen MR) is 90.5 cm³/mol. The van der Waals surface area contributed by atoms with Crippen molar-refractivity contribution in [3.8, 4) is 5.75 Å². The number of aliphatic hydroxyl groups excluding tert-OH is 1. The molecule has 0 aromatic heterocycles. The minimum atomic E-state index is 0.0213. The van der Waals surface area contributed by atoms with E-state index in [9.17, 15) is 5.11 Å². The standard InChI is InChI=1S/C19H26O2/c1-14(2)7-9-17-12-16(6-5-11-20)13-18(19(17)21)10-8-15(3)4/h5-8,12-13,20-21H,9-11H2,1-4H3/b6-5+. The van der Waals surface area contributed by atoms with Gasteiger partial charge in [0.1, 0.15) is 5.75 Å². The van der Waals surface area contributed by atoms with Gasteiger partial charge in [-0.25, -0.2) is 0 Å². The second-order valence-electron chi connectivity index (χ2n) is 5.74. The highest BCUT2D eigenvalue weighted by atomic mass is 16.3. The Morgan fingerprint density at radius 3 is 1.81 bits per heavy atom. The highest BCUT2D eigenvalue weighted by Crippen LogP contribution is 2.27. The van der Waals surface area contributed by atoms with Crippen LogP contribution in [0.5, 0.6) is 5.75 Å². The number of aliphatic hydroxyl groups is 1. The van der Waals surface area contributed by atoms with Crippen LogP contribution in [0, 0.1) is 0 Å². The van der Waals surface area contributed by atoms with Crippen LogP contribution in [0.4, 0.5) is 0 Å². The first-order valence-corrected chi connectivity index (χ1v) is 7.33. The van der Waals surface area contributed by atoms with Gasteiger partial charge < -0.3 is 10.2 Å². The van der Waals surface area contributed by atoms with Gasteiger partial charge in [-0.15, -0.1) is 0 Å². The van der Waals surface area contributed by atoms with Crippen LogP contribution in [0.2, 0.25) is 0 Å². The largest absolute Gasteiger partial charge is 0.507 e. The zero-order valence-electron chi connectivity index (χ0n) is 13.5. The van der Waals surface area contributed by atoms with Crippen LogP contribution >= 0.6 is 0 Å². The molecule has 114 valence electrons. The Hall–Kier alpha value is -1.80. The van der Waals surface area contributed by atoms with E-state index in [-0.39, 0.29) is 6.61 Å². The first-order chi connectivity index (χ1) is 9.93. The van der Waals surface area contributed by atoms with Crippen molar-refractivity contribution in [2.75, 3.05) is 6.61 Å². The summed E-state index contributed by atoms with van der Waals surface area (Å²) in [7, 11) is 0. The predicted octanol–water partition coefficient (Wildman–Crippen LogP) is 4.42.